The van der Waals surface area contributed by atoms with Crippen LogP contribution >= 0.6 is 11.3 Å². The molecule has 1 aromatic heterocycles. The number of hydrogen-bond donors (Lipinski definition) is 1. The summed E-state index contributed by atoms with van der Waals surface area (Å²) in [5.41, 5.74) is 1.35. The lowest BCUT2D eigenvalue weighted by molar-refractivity contribution is 0.337. The highest BCUT2D eigenvalue weighted by Crippen LogP contribution is 2.42. The van der Waals surface area contributed by atoms with Crippen molar-refractivity contribution in [3.05, 3.63) is 16.1 Å². The van der Waals surface area contributed by atoms with Crippen molar-refractivity contribution in [2.45, 2.75) is 45.6 Å². The molecule has 1 aromatic rings. The van der Waals surface area contributed by atoms with Crippen molar-refractivity contribution in [1.82, 2.24) is 10.3 Å². The molecule has 2 unspecified atom stereocenters. The third-order valence-electron chi connectivity index (χ3n) is 3.30. The van der Waals surface area contributed by atoms with Gasteiger partial charge in [0.25, 0.3) is 0 Å². The molecule has 1 aliphatic carbocycles. The highest BCUT2D eigenvalue weighted by atomic mass is 32.1. The van der Waals surface area contributed by atoms with Crippen LogP contribution in [0.5, 0.6) is 0 Å². The molecule has 2 atom stereocenters. The van der Waals surface area contributed by atoms with E-state index in [9.17, 15) is 0 Å². The third-order valence-corrected chi connectivity index (χ3v) is 4.47. The minimum atomic E-state index is 0.188. The maximum atomic E-state index is 4.67. The Balaban J connectivity index is 2.26. The summed E-state index contributed by atoms with van der Waals surface area (Å²) in [6, 6.07) is 0. The highest BCUT2D eigenvalue weighted by molar-refractivity contribution is 7.09. The third kappa shape index (κ3) is 2.08. The summed E-state index contributed by atoms with van der Waals surface area (Å²) in [6.45, 7) is 7.65. The fourth-order valence-electron chi connectivity index (χ4n) is 2.63. The summed E-state index contributed by atoms with van der Waals surface area (Å²) in [4.78, 5) is 4.67. The van der Waals surface area contributed by atoms with Crippen LogP contribution in [0.2, 0.25) is 0 Å². The molecule has 0 amide bonds. The van der Waals surface area contributed by atoms with Gasteiger partial charge in [-0.3, -0.25) is 0 Å². The number of hydrogen-bond acceptors (Lipinski definition) is 3. The monoisotopic (exact) mass is 224 g/mol. The molecule has 2 rings (SSSR count). The second kappa shape index (κ2) is 4.22. The lowest BCUT2D eigenvalue weighted by Crippen LogP contribution is -2.40. The van der Waals surface area contributed by atoms with Crippen molar-refractivity contribution in [2.75, 3.05) is 6.54 Å². The van der Waals surface area contributed by atoms with Crippen LogP contribution in [0, 0.1) is 12.8 Å². The predicted octanol–water partition coefficient (Wildman–Crippen LogP) is 3.08. The summed E-state index contributed by atoms with van der Waals surface area (Å²) in [5.74, 6) is 0.827. The van der Waals surface area contributed by atoms with Crippen molar-refractivity contribution in [3.63, 3.8) is 0 Å². The van der Waals surface area contributed by atoms with Gasteiger partial charge in [0.2, 0.25) is 0 Å². The first-order valence-corrected chi connectivity index (χ1v) is 6.72. The summed E-state index contributed by atoms with van der Waals surface area (Å²) >= 11 is 1.81. The van der Waals surface area contributed by atoms with E-state index in [0.717, 1.165) is 18.2 Å². The van der Waals surface area contributed by atoms with Gasteiger partial charge in [-0.2, -0.15) is 0 Å². The summed E-state index contributed by atoms with van der Waals surface area (Å²) in [5, 5.41) is 7.13. The van der Waals surface area contributed by atoms with Crippen molar-refractivity contribution in [2.24, 2.45) is 5.92 Å². The van der Waals surface area contributed by atoms with Gasteiger partial charge >= 0.3 is 0 Å². The van der Waals surface area contributed by atoms with Gasteiger partial charge in [-0.25, -0.2) is 4.98 Å². The Hall–Kier alpha value is -0.410. The molecule has 84 valence electrons. The fourth-order valence-corrected chi connectivity index (χ4v) is 3.65. The molecule has 0 aliphatic heterocycles. The molecule has 1 saturated carbocycles. The summed E-state index contributed by atoms with van der Waals surface area (Å²) < 4.78 is 0. The van der Waals surface area contributed by atoms with Gasteiger partial charge in [0.1, 0.15) is 5.01 Å². The smallest absolute Gasteiger partial charge is 0.113 e. The molecule has 1 fully saturated rings. The van der Waals surface area contributed by atoms with Crippen molar-refractivity contribution in [1.29, 1.82) is 0 Å². The first-order chi connectivity index (χ1) is 7.16. The predicted molar refractivity (Wildman–Crippen MR) is 65.2 cm³/mol. The second-order valence-electron chi connectivity index (χ2n) is 4.75. The first kappa shape index (κ1) is 11.1. The van der Waals surface area contributed by atoms with Gasteiger partial charge in [0.15, 0.2) is 0 Å². The normalized spacial score (nSPS) is 31.0. The molecule has 0 aromatic carbocycles. The van der Waals surface area contributed by atoms with Crippen LogP contribution in [0.1, 0.15) is 43.8 Å². The van der Waals surface area contributed by atoms with Gasteiger partial charge in [-0.05, 0) is 38.6 Å². The zero-order chi connectivity index (χ0) is 10.9. The van der Waals surface area contributed by atoms with E-state index in [1.165, 1.54) is 24.3 Å². The maximum Gasteiger partial charge on any atom is 0.113 e. The average molecular weight is 224 g/mol. The SMILES string of the molecule is CCNC1(c2nc(C)cs2)CCC(C)C1. The van der Waals surface area contributed by atoms with Crippen LogP contribution in [-0.4, -0.2) is 11.5 Å². The van der Waals surface area contributed by atoms with E-state index in [-0.39, 0.29) is 5.54 Å². The van der Waals surface area contributed by atoms with Crippen LogP contribution in [-0.2, 0) is 5.54 Å². The van der Waals surface area contributed by atoms with E-state index in [0.29, 0.717) is 0 Å². The molecule has 15 heavy (non-hydrogen) atoms. The van der Waals surface area contributed by atoms with Crippen LogP contribution in [0.15, 0.2) is 5.38 Å². The van der Waals surface area contributed by atoms with Gasteiger partial charge in [0.05, 0.1) is 5.54 Å². The molecule has 3 heteroatoms. The maximum absolute atomic E-state index is 4.67. The van der Waals surface area contributed by atoms with Crippen molar-refractivity contribution < 1.29 is 0 Å². The van der Waals surface area contributed by atoms with Gasteiger partial charge in [0, 0.05) is 11.1 Å². The number of nitrogens with one attached hydrogen (secondary N) is 1. The molecule has 0 spiro atoms. The first-order valence-electron chi connectivity index (χ1n) is 5.84. The minimum Gasteiger partial charge on any atom is -0.306 e. The molecule has 1 aliphatic rings. The van der Waals surface area contributed by atoms with E-state index in [4.69, 9.17) is 0 Å². The molecule has 0 saturated heterocycles. The molecule has 0 bridgehead atoms. The van der Waals surface area contributed by atoms with E-state index < -0.39 is 0 Å². The average Bonchev–Trinajstić information content (AvgIpc) is 2.75. The molecule has 2 nitrogen and oxygen atoms in total. The lowest BCUT2D eigenvalue weighted by atomic mass is 9.97. The summed E-state index contributed by atoms with van der Waals surface area (Å²) in [6.07, 6.45) is 3.81. The van der Waals surface area contributed by atoms with Crippen molar-refractivity contribution >= 4 is 11.3 Å². The molecular weight excluding hydrogens is 204 g/mol. The van der Waals surface area contributed by atoms with Crippen LogP contribution in [0.3, 0.4) is 0 Å². The quantitative estimate of drug-likeness (QED) is 0.853. The van der Waals surface area contributed by atoms with E-state index >= 15 is 0 Å². The zero-order valence-corrected chi connectivity index (χ0v) is 10.7. The fraction of sp³-hybridized carbons (Fsp3) is 0.750. The molecular formula is C12H20N2S. The molecule has 1 N–H and O–H groups in total. The van der Waals surface area contributed by atoms with E-state index in [1.54, 1.807) is 0 Å². The standard InChI is InChI=1S/C12H20N2S/c1-4-13-12(6-5-9(2)7-12)11-14-10(3)8-15-11/h8-9,13H,4-7H2,1-3H3. The Morgan fingerprint density at radius 1 is 1.67 bits per heavy atom. The topological polar surface area (TPSA) is 24.9 Å². The molecule has 0 radical (unpaired) electrons. The highest BCUT2D eigenvalue weighted by Gasteiger charge is 2.40. The van der Waals surface area contributed by atoms with Crippen LogP contribution in [0.25, 0.3) is 0 Å². The number of aromatic nitrogens is 1. The Morgan fingerprint density at radius 2 is 2.47 bits per heavy atom. The van der Waals surface area contributed by atoms with Crippen LogP contribution < -0.4 is 5.32 Å². The van der Waals surface area contributed by atoms with Gasteiger partial charge < -0.3 is 5.32 Å². The Kier molecular flexibility index (Phi) is 3.12. The van der Waals surface area contributed by atoms with Gasteiger partial charge in [-0.1, -0.05) is 13.8 Å². The zero-order valence-electron chi connectivity index (χ0n) is 9.84. The van der Waals surface area contributed by atoms with Gasteiger partial charge in [-0.15, -0.1) is 11.3 Å². The number of thiazole rings is 1. The number of rotatable bonds is 3. The Bertz CT molecular complexity index is 330. The van der Waals surface area contributed by atoms with Crippen molar-refractivity contribution in [3.8, 4) is 0 Å². The van der Waals surface area contributed by atoms with Crippen LogP contribution in [0.4, 0.5) is 0 Å². The lowest BCUT2D eigenvalue weighted by Gasteiger charge is -2.28. The minimum absolute atomic E-state index is 0.188. The van der Waals surface area contributed by atoms with E-state index in [1.807, 2.05) is 11.3 Å². The number of nitrogens with zero attached hydrogens (tertiary/aromatic N) is 1. The number of aryl methyl sites for hydroxylation is 1. The van der Waals surface area contributed by atoms with E-state index in [2.05, 4.69) is 36.5 Å². The Labute approximate surface area is 96.1 Å². The second-order valence-corrected chi connectivity index (χ2v) is 5.61. The molecule has 1 heterocycles. The summed E-state index contributed by atoms with van der Waals surface area (Å²) in [7, 11) is 0. The Morgan fingerprint density at radius 3 is 2.93 bits per heavy atom. The largest absolute Gasteiger partial charge is 0.306 e.